The number of benzene rings is 3. The topological polar surface area (TPSA) is 441 Å². The largest absolute Gasteiger partial charge is 0.508 e. The van der Waals surface area contributed by atoms with Crippen molar-refractivity contribution in [2.45, 2.75) is 125 Å². The van der Waals surface area contributed by atoms with Crippen LogP contribution in [0.1, 0.15) is 74.5 Å². The number of likely N-dealkylation sites (N-methyl/N-ethyl adjacent to an activating group) is 1. The third-order valence-corrected chi connectivity index (χ3v) is 13.9. The molecule has 0 aromatic heterocycles. The monoisotopic (exact) mass is 1140 g/mol. The molecule has 2 heterocycles. The van der Waals surface area contributed by atoms with Crippen LogP contribution in [0.3, 0.4) is 0 Å². The van der Waals surface area contributed by atoms with Crippen LogP contribution in [0, 0.1) is 0 Å². The lowest BCUT2D eigenvalue weighted by molar-refractivity contribution is -0.145. The normalized spacial score (nSPS) is 19.6. The quantitative estimate of drug-likeness (QED) is 0.0246. The van der Waals surface area contributed by atoms with Crippen LogP contribution >= 0.6 is 0 Å². The number of phenolic OH excluding ortho intramolecular Hbond substituents is 1. The fraction of sp³-hybridized carbons (Fsp3) is 0.455. The lowest BCUT2D eigenvalue weighted by Gasteiger charge is -2.32. The number of aromatic hydroxyl groups is 1. The second-order valence-corrected chi connectivity index (χ2v) is 20.1. The van der Waals surface area contributed by atoms with Gasteiger partial charge in [-0.15, -0.1) is 0 Å². The molecule has 0 radical (unpaired) electrons. The Kier molecular flexibility index (Phi) is 24.5. The predicted molar refractivity (Wildman–Crippen MR) is 298 cm³/mol. The fourth-order valence-electron chi connectivity index (χ4n) is 9.33. The van der Waals surface area contributed by atoms with Crippen molar-refractivity contribution < 1.29 is 57.8 Å². The van der Waals surface area contributed by atoms with Crippen LogP contribution in [0.25, 0.3) is 0 Å². The highest BCUT2D eigenvalue weighted by atomic mass is 16.3. The number of likely N-dealkylation sites (tertiary alicyclic amines) is 1. The summed E-state index contributed by atoms with van der Waals surface area (Å²) < 4.78 is 0. The second-order valence-electron chi connectivity index (χ2n) is 20.1. The van der Waals surface area contributed by atoms with Gasteiger partial charge in [0, 0.05) is 45.9 Å². The zero-order valence-corrected chi connectivity index (χ0v) is 45.7. The number of phenols is 1. The number of nitrogens with zero attached hydrogens (tertiary/aromatic N) is 3. The summed E-state index contributed by atoms with van der Waals surface area (Å²) in [7, 11) is 1.33. The minimum Gasteiger partial charge on any atom is -0.508 e. The van der Waals surface area contributed by atoms with Crippen LogP contribution in [0.15, 0.2) is 89.9 Å². The number of aliphatic imine (C=N–C) groups is 1. The molecule has 5 rings (SSSR count). The van der Waals surface area contributed by atoms with E-state index in [0.717, 1.165) is 9.80 Å². The Morgan fingerprint density at radius 1 is 0.720 bits per heavy atom. The van der Waals surface area contributed by atoms with E-state index in [9.17, 15) is 57.8 Å². The molecule has 2 fully saturated rings. The number of amides is 11. The molecule has 0 spiro atoms. The van der Waals surface area contributed by atoms with Crippen molar-refractivity contribution in [1.29, 1.82) is 0 Å². The van der Waals surface area contributed by atoms with Gasteiger partial charge in [-0.2, -0.15) is 0 Å². The standard InChI is InChI=1S/C55H75N15O12/c1-69-43(29-33-13-6-3-7-14-33)53(81)68-41(30-45(73)61-24-8-15-37(49(77)63-31-46(69)74)64-48(76)36(56)27-34-18-20-35(71)21-19-34)54(82)70-26-10-17-42(70)52(80)66-39(22-23-44(57)72)51(79)65-38(16-9-25-62-55(59)60)50(78)67-40(47(58)75)28-32-11-4-2-5-12-32/h2-7,11-14,18-21,36-43,71H,8-10,15-17,22-31,56H2,1H3,(H2,57,72)(H2,58,75)(H,61,73)(H,63,77)(H,64,76)(H,65,79)(H,66,80)(H,67,78)(H,68,81)(H4,59,60,62)/t36-,37+,38-,39-,40-,41-,42-,43-/m0/s1. The van der Waals surface area contributed by atoms with Crippen LogP contribution in [0.2, 0.25) is 0 Å². The van der Waals surface area contributed by atoms with Gasteiger partial charge in [-0.3, -0.25) is 57.7 Å². The van der Waals surface area contributed by atoms with Gasteiger partial charge in [-0.25, -0.2) is 0 Å². The summed E-state index contributed by atoms with van der Waals surface area (Å²) in [6.45, 7) is -0.679. The minimum absolute atomic E-state index is 0.0189. The van der Waals surface area contributed by atoms with Crippen molar-refractivity contribution in [2.75, 3.05) is 33.2 Å². The van der Waals surface area contributed by atoms with Crippen molar-refractivity contribution in [2.24, 2.45) is 33.7 Å². The average Bonchev–Trinajstić information content (AvgIpc) is 4.14. The van der Waals surface area contributed by atoms with Crippen molar-refractivity contribution in [3.05, 3.63) is 102 Å². The molecule has 2 saturated heterocycles. The highest BCUT2D eigenvalue weighted by Gasteiger charge is 2.41. The van der Waals surface area contributed by atoms with Gasteiger partial charge in [0.15, 0.2) is 5.96 Å². The maximum absolute atomic E-state index is 14.8. The Morgan fingerprint density at radius 3 is 1.98 bits per heavy atom. The highest BCUT2D eigenvalue weighted by molar-refractivity contribution is 5.99. The smallest absolute Gasteiger partial charge is 0.246 e. The number of guanidine groups is 1. The molecular formula is C55H75N15O12. The molecule has 27 heteroatoms. The fourth-order valence-corrected chi connectivity index (χ4v) is 9.33. The van der Waals surface area contributed by atoms with E-state index in [1.807, 2.05) is 0 Å². The molecule has 27 nitrogen and oxygen atoms in total. The second kappa shape index (κ2) is 31.6. The highest BCUT2D eigenvalue weighted by Crippen LogP contribution is 2.21. The predicted octanol–water partition coefficient (Wildman–Crippen LogP) is -3.79. The van der Waals surface area contributed by atoms with Crippen LogP contribution in [-0.2, 0) is 72.0 Å². The molecule has 3 aromatic rings. The van der Waals surface area contributed by atoms with E-state index in [4.69, 9.17) is 28.7 Å². The zero-order chi connectivity index (χ0) is 59.9. The average molecular weight is 1140 g/mol. The molecule has 11 amide bonds. The van der Waals surface area contributed by atoms with Gasteiger partial charge in [0.1, 0.15) is 48.0 Å². The number of hydrogen-bond acceptors (Lipinski definition) is 14. The molecule has 3 aromatic carbocycles. The molecule has 2 aliphatic heterocycles. The third-order valence-electron chi connectivity index (χ3n) is 13.9. The summed E-state index contributed by atoms with van der Waals surface area (Å²) in [4.78, 5) is 157. The van der Waals surface area contributed by atoms with Crippen molar-refractivity contribution in [3.8, 4) is 5.75 Å². The van der Waals surface area contributed by atoms with Gasteiger partial charge < -0.3 is 80.8 Å². The first kappa shape index (κ1) is 63.7. The lowest BCUT2D eigenvalue weighted by atomic mass is 10.0. The zero-order valence-electron chi connectivity index (χ0n) is 45.7. The molecule has 442 valence electrons. The number of carbonyl (C=O) groups is 11. The summed E-state index contributed by atoms with van der Waals surface area (Å²) in [5.41, 5.74) is 30.3. The van der Waals surface area contributed by atoms with E-state index in [-0.39, 0.29) is 95.6 Å². The molecule has 82 heavy (non-hydrogen) atoms. The molecule has 8 atom stereocenters. The first-order valence-electron chi connectivity index (χ1n) is 27.0. The Morgan fingerprint density at radius 2 is 1.34 bits per heavy atom. The molecule has 0 aliphatic carbocycles. The first-order valence-corrected chi connectivity index (χ1v) is 27.0. The molecule has 0 saturated carbocycles. The maximum Gasteiger partial charge on any atom is 0.246 e. The number of carbonyl (C=O) groups excluding carboxylic acids is 11. The van der Waals surface area contributed by atoms with Crippen molar-refractivity contribution in [3.63, 3.8) is 0 Å². The minimum atomic E-state index is -1.63. The first-order chi connectivity index (χ1) is 39.1. The van der Waals surface area contributed by atoms with E-state index in [0.29, 0.717) is 16.7 Å². The van der Waals surface area contributed by atoms with Gasteiger partial charge in [0.25, 0.3) is 0 Å². The van der Waals surface area contributed by atoms with Crippen LogP contribution in [0.5, 0.6) is 5.75 Å². The summed E-state index contributed by atoms with van der Waals surface area (Å²) >= 11 is 0. The SMILES string of the molecule is CN1C(=O)CNC(=O)[C@H](NC(=O)[C@@H](N)Cc2ccc(O)cc2)CCCNC(=O)C[C@@H](C(=O)N2CCC[C@H]2C(=O)N[C@@H](CCC(N)=O)C(=O)N[C@@H](CCCN=C(N)N)C(=O)N[C@@H](Cc2ccccc2)C(N)=O)NC(=O)[C@@H]1Cc1ccccc1. The van der Waals surface area contributed by atoms with E-state index in [1.54, 1.807) is 72.8 Å². The Hall–Kier alpha value is -9.14. The molecular weight excluding hydrogens is 1060 g/mol. The van der Waals surface area contributed by atoms with Gasteiger partial charge in [0.2, 0.25) is 65.0 Å². The van der Waals surface area contributed by atoms with Crippen LogP contribution < -0.4 is 65.9 Å². The molecule has 0 unspecified atom stereocenters. The number of primary amides is 2. The number of hydrogen-bond donors (Lipinski definition) is 13. The van der Waals surface area contributed by atoms with Crippen molar-refractivity contribution in [1.82, 2.24) is 47.0 Å². The van der Waals surface area contributed by atoms with Gasteiger partial charge in [-0.1, -0.05) is 72.8 Å². The van der Waals surface area contributed by atoms with Gasteiger partial charge in [0.05, 0.1) is 19.0 Å². The van der Waals surface area contributed by atoms with Crippen LogP contribution in [-0.4, -0.2) is 167 Å². The van der Waals surface area contributed by atoms with E-state index in [1.165, 1.54) is 19.2 Å². The third kappa shape index (κ3) is 20.2. The van der Waals surface area contributed by atoms with Gasteiger partial charge in [-0.05, 0) is 80.2 Å². The maximum atomic E-state index is 14.8. The Balaban J connectivity index is 1.37. The number of nitrogens with one attached hydrogen (secondary N) is 7. The van der Waals surface area contributed by atoms with E-state index >= 15 is 0 Å². The van der Waals surface area contributed by atoms with E-state index < -0.39 is 133 Å². The Labute approximate surface area is 474 Å². The number of rotatable bonds is 23. The van der Waals surface area contributed by atoms with Gasteiger partial charge >= 0.3 is 0 Å². The summed E-state index contributed by atoms with van der Waals surface area (Å²) in [5, 5.41) is 28.0. The Bertz CT molecular complexity index is 2770. The molecule has 18 N–H and O–H groups in total. The molecule has 2 aliphatic rings. The lowest BCUT2D eigenvalue weighted by Crippen LogP contribution is -2.60. The number of nitrogens with two attached hydrogens (primary N) is 5. The summed E-state index contributed by atoms with van der Waals surface area (Å²) in [6.07, 6.45) is -0.963. The van der Waals surface area contributed by atoms with Crippen molar-refractivity contribution >= 4 is 70.9 Å². The van der Waals surface area contributed by atoms with Crippen LogP contribution in [0.4, 0.5) is 0 Å². The summed E-state index contributed by atoms with van der Waals surface area (Å²) in [5.74, 6) is -9.08. The van der Waals surface area contributed by atoms with E-state index in [2.05, 4.69) is 42.2 Å². The molecule has 0 bridgehead atoms. The summed E-state index contributed by atoms with van der Waals surface area (Å²) in [6, 6.07) is 12.7.